The van der Waals surface area contributed by atoms with Crippen LogP contribution < -0.4 is 5.32 Å². The zero-order chi connectivity index (χ0) is 14.7. The fourth-order valence-corrected chi connectivity index (χ4v) is 3.26. The van der Waals surface area contributed by atoms with E-state index >= 15 is 0 Å². The van der Waals surface area contributed by atoms with Gasteiger partial charge in [0.15, 0.2) is 5.82 Å². The fraction of sp³-hybridized carbons (Fsp3) is 0.529. The molecule has 1 unspecified atom stereocenters. The van der Waals surface area contributed by atoms with Crippen molar-refractivity contribution in [2.45, 2.75) is 52.0 Å². The standard InChI is InChI=1S/C17H24N4/c1-12(14-8-4-3-5-9-14)18-16-11-7-6-10-15(16)17-19-13(2)20-21-17/h6-7,10-12,14,18H,3-5,8-9H2,1-2H3,(H,19,20,21). The van der Waals surface area contributed by atoms with E-state index < -0.39 is 0 Å². The van der Waals surface area contributed by atoms with Gasteiger partial charge in [-0.2, -0.15) is 5.10 Å². The average molecular weight is 284 g/mol. The maximum Gasteiger partial charge on any atom is 0.183 e. The lowest BCUT2D eigenvalue weighted by Gasteiger charge is -2.29. The SMILES string of the molecule is Cc1nc(-c2ccccc2NC(C)C2CCCCC2)n[nH]1. The highest BCUT2D eigenvalue weighted by Crippen LogP contribution is 2.31. The molecule has 1 aliphatic carbocycles. The van der Waals surface area contributed by atoms with Gasteiger partial charge in [0.2, 0.25) is 0 Å². The zero-order valence-corrected chi connectivity index (χ0v) is 12.9. The van der Waals surface area contributed by atoms with Crippen LogP contribution in [-0.4, -0.2) is 21.2 Å². The topological polar surface area (TPSA) is 53.6 Å². The molecule has 0 saturated heterocycles. The Bertz CT molecular complexity index is 584. The Balaban J connectivity index is 1.79. The average Bonchev–Trinajstić information content (AvgIpc) is 2.95. The molecule has 1 saturated carbocycles. The summed E-state index contributed by atoms with van der Waals surface area (Å²) in [5.74, 6) is 2.40. The molecule has 4 heteroatoms. The number of anilines is 1. The van der Waals surface area contributed by atoms with Gasteiger partial charge in [-0.15, -0.1) is 0 Å². The van der Waals surface area contributed by atoms with Crippen molar-refractivity contribution >= 4 is 5.69 Å². The van der Waals surface area contributed by atoms with Crippen LogP contribution in [0.4, 0.5) is 5.69 Å². The molecule has 1 aliphatic rings. The van der Waals surface area contributed by atoms with E-state index in [2.05, 4.69) is 45.6 Å². The summed E-state index contributed by atoms with van der Waals surface area (Å²) in [6, 6.07) is 8.81. The maximum atomic E-state index is 4.45. The Kier molecular flexibility index (Phi) is 4.23. The first kappa shape index (κ1) is 14.1. The van der Waals surface area contributed by atoms with Gasteiger partial charge in [-0.3, -0.25) is 5.10 Å². The molecule has 0 radical (unpaired) electrons. The number of nitrogens with zero attached hydrogens (tertiary/aromatic N) is 2. The minimum Gasteiger partial charge on any atom is -0.382 e. The Labute approximate surface area is 126 Å². The third kappa shape index (κ3) is 3.26. The number of aromatic nitrogens is 3. The first-order valence-electron chi connectivity index (χ1n) is 7.99. The number of aryl methyl sites for hydroxylation is 1. The van der Waals surface area contributed by atoms with E-state index in [0.717, 1.165) is 28.8 Å². The molecule has 2 N–H and O–H groups in total. The van der Waals surface area contributed by atoms with Gasteiger partial charge >= 0.3 is 0 Å². The number of hydrogen-bond donors (Lipinski definition) is 2. The summed E-state index contributed by atoms with van der Waals surface area (Å²) in [6.45, 7) is 4.23. The Morgan fingerprint density at radius 2 is 1.95 bits per heavy atom. The predicted octanol–water partition coefficient (Wildman–Crippen LogP) is 4.16. The number of nitrogens with one attached hydrogen (secondary N) is 2. The third-order valence-corrected chi connectivity index (χ3v) is 4.51. The fourth-order valence-electron chi connectivity index (χ4n) is 3.26. The number of para-hydroxylation sites is 1. The number of rotatable bonds is 4. The molecule has 3 rings (SSSR count). The van der Waals surface area contributed by atoms with Crippen LogP contribution in [0, 0.1) is 12.8 Å². The van der Waals surface area contributed by atoms with Crippen LogP contribution in [0.3, 0.4) is 0 Å². The molecule has 0 spiro atoms. The summed E-state index contributed by atoms with van der Waals surface area (Å²) in [7, 11) is 0. The Morgan fingerprint density at radius 3 is 2.67 bits per heavy atom. The number of aromatic amines is 1. The van der Waals surface area contributed by atoms with Crippen molar-refractivity contribution in [3.8, 4) is 11.4 Å². The van der Waals surface area contributed by atoms with Crippen LogP contribution in [-0.2, 0) is 0 Å². The summed E-state index contributed by atoms with van der Waals surface area (Å²) in [6.07, 6.45) is 6.83. The van der Waals surface area contributed by atoms with Gasteiger partial charge in [0.05, 0.1) is 0 Å². The monoisotopic (exact) mass is 284 g/mol. The Hall–Kier alpha value is -1.84. The first-order chi connectivity index (χ1) is 10.2. The smallest absolute Gasteiger partial charge is 0.183 e. The van der Waals surface area contributed by atoms with E-state index in [1.807, 2.05) is 13.0 Å². The lowest BCUT2D eigenvalue weighted by Crippen LogP contribution is -2.27. The molecule has 112 valence electrons. The molecule has 0 aliphatic heterocycles. The second-order valence-corrected chi connectivity index (χ2v) is 6.12. The van der Waals surface area contributed by atoms with Gasteiger partial charge in [-0.1, -0.05) is 31.4 Å². The molecule has 0 amide bonds. The highest BCUT2D eigenvalue weighted by Gasteiger charge is 2.21. The molecule has 21 heavy (non-hydrogen) atoms. The minimum absolute atomic E-state index is 0.492. The second kappa shape index (κ2) is 6.29. The molecular weight excluding hydrogens is 260 g/mol. The summed E-state index contributed by atoms with van der Waals surface area (Å²) in [5, 5.41) is 10.9. The molecule has 4 nitrogen and oxygen atoms in total. The van der Waals surface area contributed by atoms with Crippen LogP contribution in [0.25, 0.3) is 11.4 Å². The first-order valence-corrected chi connectivity index (χ1v) is 7.99. The van der Waals surface area contributed by atoms with Crippen molar-refractivity contribution in [2.24, 2.45) is 5.92 Å². The van der Waals surface area contributed by atoms with E-state index in [0.29, 0.717) is 6.04 Å². The van der Waals surface area contributed by atoms with Gasteiger partial charge < -0.3 is 5.32 Å². The molecule has 1 heterocycles. The quantitative estimate of drug-likeness (QED) is 0.886. The van der Waals surface area contributed by atoms with E-state index in [9.17, 15) is 0 Å². The van der Waals surface area contributed by atoms with Crippen LogP contribution in [0.5, 0.6) is 0 Å². The van der Waals surface area contributed by atoms with Crippen molar-refractivity contribution in [2.75, 3.05) is 5.32 Å². The third-order valence-electron chi connectivity index (χ3n) is 4.51. The van der Waals surface area contributed by atoms with Gasteiger partial charge in [0, 0.05) is 17.3 Å². The van der Waals surface area contributed by atoms with Gasteiger partial charge in [-0.05, 0) is 44.7 Å². The molecule has 0 bridgehead atoms. The van der Waals surface area contributed by atoms with Crippen molar-refractivity contribution in [3.05, 3.63) is 30.1 Å². The van der Waals surface area contributed by atoms with Gasteiger partial charge in [0.25, 0.3) is 0 Å². The predicted molar refractivity (Wildman–Crippen MR) is 86.2 cm³/mol. The largest absolute Gasteiger partial charge is 0.382 e. The van der Waals surface area contributed by atoms with Crippen LogP contribution in [0.1, 0.15) is 44.9 Å². The van der Waals surface area contributed by atoms with Gasteiger partial charge in [-0.25, -0.2) is 4.98 Å². The summed E-state index contributed by atoms with van der Waals surface area (Å²) in [4.78, 5) is 4.45. The molecule has 1 aromatic carbocycles. The highest BCUT2D eigenvalue weighted by atomic mass is 15.2. The summed E-state index contributed by atoms with van der Waals surface area (Å²) >= 11 is 0. The lowest BCUT2D eigenvalue weighted by molar-refractivity contribution is 0.328. The minimum atomic E-state index is 0.492. The van der Waals surface area contributed by atoms with Crippen molar-refractivity contribution in [1.82, 2.24) is 15.2 Å². The van der Waals surface area contributed by atoms with Crippen LogP contribution >= 0.6 is 0 Å². The van der Waals surface area contributed by atoms with Crippen molar-refractivity contribution in [1.29, 1.82) is 0 Å². The van der Waals surface area contributed by atoms with Crippen molar-refractivity contribution in [3.63, 3.8) is 0 Å². The maximum absolute atomic E-state index is 4.45. The van der Waals surface area contributed by atoms with E-state index in [1.54, 1.807) is 0 Å². The molecule has 1 atom stereocenters. The summed E-state index contributed by atoms with van der Waals surface area (Å²) in [5.41, 5.74) is 2.21. The highest BCUT2D eigenvalue weighted by molar-refractivity contribution is 5.73. The van der Waals surface area contributed by atoms with Crippen molar-refractivity contribution < 1.29 is 0 Å². The molecular formula is C17H24N4. The lowest BCUT2D eigenvalue weighted by atomic mass is 9.84. The van der Waals surface area contributed by atoms with E-state index in [1.165, 1.54) is 32.1 Å². The number of H-pyrrole nitrogens is 1. The zero-order valence-electron chi connectivity index (χ0n) is 12.9. The van der Waals surface area contributed by atoms with Crippen LogP contribution in [0.15, 0.2) is 24.3 Å². The summed E-state index contributed by atoms with van der Waals surface area (Å²) < 4.78 is 0. The van der Waals surface area contributed by atoms with E-state index in [-0.39, 0.29) is 0 Å². The van der Waals surface area contributed by atoms with Crippen LogP contribution in [0.2, 0.25) is 0 Å². The second-order valence-electron chi connectivity index (χ2n) is 6.12. The number of hydrogen-bond acceptors (Lipinski definition) is 3. The number of benzene rings is 1. The van der Waals surface area contributed by atoms with Gasteiger partial charge in [0.1, 0.15) is 5.82 Å². The van der Waals surface area contributed by atoms with E-state index in [4.69, 9.17) is 0 Å². The molecule has 1 aromatic heterocycles. The normalized spacial score (nSPS) is 17.6. The Morgan fingerprint density at radius 1 is 1.19 bits per heavy atom. The molecule has 1 fully saturated rings. The molecule has 2 aromatic rings.